The van der Waals surface area contributed by atoms with Gasteiger partial charge in [0.25, 0.3) is 0 Å². The summed E-state index contributed by atoms with van der Waals surface area (Å²) in [5, 5.41) is 9.79. The Kier molecular flexibility index (Phi) is 8.91. The van der Waals surface area contributed by atoms with E-state index in [0.29, 0.717) is 0 Å². The molecule has 2 atom stereocenters. The number of hydrogen-bond acceptors (Lipinski definition) is 3. The summed E-state index contributed by atoms with van der Waals surface area (Å²) in [5.41, 5.74) is 0. The summed E-state index contributed by atoms with van der Waals surface area (Å²) in [7, 11) is 0. The summed E-state index contributed by atoms with van der Waals surface area (Å²) in [5.74, 6) is -0.507. The summed E-state index contributed by atoms with van der Waals surface area (Å²) < 4.78 is 4.84. The Morgan fingerprint density at radius 2 is 2.12 bits per heavy atom. The Labute approximate surface area is 98.5 Å². The van der Waals surface area contributed by atoms with Gasteiger partial charge in [-0.05, 0) is 12.3 Å². The summed E-state index contributed by atoms with van der Waals surface area (Å²) in [6.45, 7) is 7.75. The first-order valence-electron chi connectivity index (χ1n) is 6.12. The molecule has 0 unspecified atom stereocenters. The maximum atomic E-state index is 11.4. The van der Waals surface area contributed by atoms with E-state index in [1.54, 1.807) is 0 Å². The molecular formula is C13H24O3. The van der Waals surface area contributed by atoms with Crippen molar-refractivity contribution in [3.8, 4) is 0 Å². The van der Waals surface area contributed by atoms with Gasteiger partial charge in [-0.15, -0.1) is 0 Å². The Balaban J connectivity index is 4.01. The van der Waals surface area contributed by atoms with Gasteiger partial charge in [0.05, 0.1) is 0 Å². The summed E-state index contributed by atoms with van der Waals surface area (Å²) >= 11 is 0. The van der Waals surface area contributed by atoms with Gasteiger partial charge in [-0.3, -0.25) is 0 Å². The first-order valence-corrected chi connectivity index (χ1v) is 6.12. The van der Waals surface area contributed by atoms with Crippen molar-refractivity contribution in [1.82, 2.24) is 0 Å². The van der Waals surface area contributed by atoms with Gasteiger partial charge in [0, 0.05) is 0 Å². The van der Waals surface area contributed by atoms with Crippen LogP contribution in [-0.2, 0) is 9.53 Å². The molecule has 0 aliphatic rings. The van der Waals surface area contributed by atoms with Gasteiger partial charge in [-0.1, -0.05) is 52.2 Å². The standard InChI is InChI=1S/C13H24O3/c1-4-7-8-9-11(6-3)12(14)13(15)16-10-5-2/h5,11-12,14H,2,4,6-10H2,1,3H3/t11-,12+/m0/s1. The van der Waals surface area contributed by atoms with Crippen molar-refractivity contribution in [3.05, 3.63) is 12.7 Å². The molecule has 0 saturated carbocycles. The summed E-state index contributed by atoms with van der Waals surface area (Å²) in [4.78, 5) is 11.4. The number of carbonyl (C=O) groups excluding carboxylic acids is 1. The maximum Gasteiger partial charge on any atom is 0.335 e. The predicted octanol–water partition coefficient (Wildman–Crippen LogP) is 2.68. The Hall–Kier alpha value is -0.830. The van der Waals surface area contributed by atoms with Crippen LogP contribution < -0.4 is 0 Å². The molecule has 0 aliphatic carbocycles. The smallest absolute Gasteiger partial charge is 0.335 e. The molecule has 3 heteroatoms. The van der Waals surface area contributed by atoms with Crippen molar-refractivity contribution in [2.45, 2.75) is 52.1 Å². The van der Waals surface area contributed by atoms with Crippen molar-refractivity contribution in [1.29, 1.82) is 0 Å². The number of ether oxygens (including phenoxy) is 1. The fraction of sp³-hybridized carbons (Fsp3) is 0.769. The Morgan fingerprint density at radius 3 is 2.62 bits per heavy atom. The van der Waals surface area contributed by atoms with Gasteiger partial charge in [0.15, 0.2) is 6.10 Å². The third-order valence-electron chi connectivity index (χ3n) is 2.73. The van der Waals surface area contributed by atoms with E-state index in [4.69, 9.17) is 4.74 Å². The number of carbonyl (C=O) groups is 1. The van der Waals surface area contributed by atoms with E-state index in [1.165, 1.54) is 6.08 Å². The van der Waals surface area contributed by atoms with Gasteiger partial charge < -0.3 is 9.84 Å². The molecule has 0 spiro atoms. The molecule has 94 valence electrons. The number of esters is 1. The SMILES string of the molecule is C=CCOC(=O)[C@H](O)[C@@H](CC)CCCCC. The molecule has 0 bridgehead atoms. The zero-order chi connectivity index (χ0) is 12.4. The molecule has 0 aromatic heterocycles. The monoisotopic (exact) mass is 228 g/mol. The Bertz CT molecular complexity index is 201. The lowest BCUT2D eigenvalue weighted by Crippen LogP contribution is -2.31. The Morgan fingerprint density at radius 1 is 1.44 bits per heavy atom. The highest BCUT2D eigenvalue weighted by atomic mass is 16.5. The van der Waals surface area contributed by atoms with E-state index >= 15 is 0 Å². The van der Waals surface area contributed by atoms with E-state index < -0.39 is 12.1 Å². The topological polar surface area (TPSA) is 46.5 Å². The number of unbranched alkanes of at least 4 members (excludes halogenated alkanes) is 2. The molecule has 0 amide bonds. The normalized spacial score (nSPS) is 14.2. The van der Waals surface area contributed by atoms with Crippen LogP contribution in [0.1, 0.15) is 46.0 Å². The fourth-order valence-corrected chi connectivity index (χ4v) is 1.66. The zero-order valence-electron chi connectivity index (χ0n) is 10.4. The third kappa shape index (κ3) is 5.91. The van der Waals surface area contributed by atoms with Crippen LogP contribution >= 0.6 is 0 Å². The summed E-state index contributed by atoms with van der Waals surface area (Å²) in [6, 6.07) is 0. The lowest BCUT2D eigenvalue weighted by molar-refractivity contribution is -0.155. The second-order valence-electron chi connectivity index (χ2n) is 4.03. The highest BCUT2D eigenvalue weighted by molar-refractivity contribution is 5.74. The van der Waals surface area contributed by atoms with E-state index in [0.717, 1.165) is 32.1 Å². The molecule has 3 nitrogen and oxygen atoms in total. The minimum absolute atomic E-state index is 0.0175. The van der Waals surface area contributed by atoms with Crippen LogP contribution in [0.4, 0.5) is 0 Å². The van der Waals surface area contributed by atoms with Crippen LogP contribution in [-0.4, -0.2) is 23.8 Å². The number of rotatable bonds is 9. The van der Waals surface area contributed by atoms with Crippen LogP contribution in [0.25, 0.3) is 0 Å². The van der Waals surface area contributed by atoms with E-state index in [9.17, 15) is 9.90 Å². The van der Waals surface area contributed by atoms with Gasteiger partial charge in [0.1, 0.15) is 6.61 Å². The molecule has 0 heterocycles. The number of hydrogen-bond donors (Lipinski definition) is 1. The highest BCUT2D eigenvalue weighted by Crippen LogP contribution is 2.18. The highest BCUT2D eigenvalue weighted by Gasteiger charge is 2.25. The largest absolute Gasteiger partial charge is 0.460 e. The molecular weight excluding hydrogens is 204 g/mol. The van der Waals surface area contributed by atoms with Crippen molar-refractivity contribution in [2.75, 3.05) is 6.61 Å². The van der Waals surface area contributed by atoms with Crippen LogP contribution in [0.3, 0.4) is 0 Å². The fourth-order valence-electron chi connectivity index (χ4n) is 1.66. The quantitative estimate of drug-likeness (QED) is 0.375. The van der Waals surface area contributed by atoms with E-state index in [1.807, 2.05) is 6.92 Å². The van der Waals surface area contributed by atoms with Crippen LogP contribution in [0.15, 0.2) is 12.7 Å². The minimum atomic E-state index is -0.984. The first-order chi connectivity index (χ1) is 7.67. The predicted molar refractivity (Wildman–Crippen MR) is 65.1 cm³/mol. The molecule has 0 aromatic carbocycles. The molecule has 1 N–H and O–H groups in total. The molecule has 0 fully saturated rings. The zero-order valence-corrected chi connectivity index (χ0v) is 10.4. The average molecular weight is 228 g/mol. The van der Waals surface area contributed by atoms with Crippen molar-refractivity contribution >= 4 is 5.97 Å². The van der Waals surface area contributed by atoms with Crippen LogP contribution in [0, 0.1) is 5.92 Å². The second-order valence-corrected chi connectivity index (χ2v) is 4.03. The van der Waals surface area contributed by atoms with Gasteiger partial charge in [0.2, 0.25) is 0 Å². The molecule has 16 heavy (non-hydrogen) atoms. The van der Waals surface area contributed by atoms with E-state index in [2.05, 4.69) is 13.5 Å². The second kappa shape index (κ2) is 9.40. The van der Waals surface area contributed by atoms with Crippen LogP contribution in [0.2, 0.25) is 0 Å². The molecule has 0 rings (SSSR count). The lowest BCUT2D eigenvalue weighted by atomic mass is 9.93. The molecule has 0 saturated heterocycles. The third-order valence-corrected chi connectivity index (χ3v) is 2.73. The molecule has 0 aliphatic heterocycles. The lowest BCUT2D eigenvalue weighted by Gasteiger charge is -2.19. The van der Waals surface area contributed by atoms with Crippen LogP contribution in [0.5, 0.6) is 0 Å². The average Bonchev–Trinajstić information content (AvgIpc) is 2.31. The van der Waals surface area contributed by atoms with Gasteiger partial charge in [-0.2, -0.15) is 0 Å². The first kappa shape index (κ1) is 15.2. The van der Waals surface area contributed by atoms with Gasteiger partial charge in [-0.25, -0.2) is 4.79 Å². The number of aliphatic hydroxyl groups excluding tert-OH is 1. The van der Waals surface area contributed by atoms with Crippen molar-refractivity contribution < 1.29 is 14.6 Å². The number of aliphatic hydroxyl groups is 1. The minimum Gasteiger partial charge on any atom is -0.460 e. The van der Waals surface area contributed by atoms with E-state index in [-0.39, 0.29) is 12.5 Å². The van der Waals surface area contributed by atoms with Crippen molar-refractivity contribution in [3.63, 3.8) is 0 Å². The van der Waals surface area contributed by atoms with Gasteiger partial charge >= 0.3 is 5.97 Å². The molecule has 0 radical (unpaired) electrons. The molecule has 0 aromatic rings. The maximum absolute atomic E-state index is 11.4. The van der Waals surface area contributed by atoms with Crippen molar-refractivity contribution in [2.24, 2.45) is 5.92 Å². The summed E-state index contributed by atoms with van der Waals surface area (Å²) in [6.07, 6.45) is 5.55.